The molecule has 0 saturated carbocycles. The summed E-state index contributed by atoms with van der Waals surface area (Å²) in [4.78, 5) is 8.62. The maximum absolute atomic E-state index is 11.8. The van der Waals surface area contributed by atoms with E-state index in [0.29, 0.717) is 23.8 Å². The Kier molecular flexibility index (Phi) is 2.36. The van der Waals surface area contributed by atoms with Crippen LogP contribution >= 0.6 is 0 Å². The quantitative estimate of drug-likeness (QED) is 0.769. The minimum atomic E-state index is -3.09. The summed E-state index contributed by atoms with van der Waals surface area (Å²) >= 11 is 0. The van der Waals surface area contributed by atoms with E-state index in [1.807, 2.05) is 24.3 Å². The van der Waals surface area contributed by atoms with Crippen molar-refractivity contribution in [2.45, 2.75) is 12.8 Å². The van der Waals surface area contributed by atoms with Gasteiger partial charge in [0.25, 0.3) is 0 Å². The molecule has 0 spiro atoms. The third-order valence-electron chi connectivity index (χ3n) is 2.93. The fraction of sp³-hybridized carbons (Fsp3) is 0.250. The Labute approximate surface area is 99.6 Å². The molecule has 2 aromatic rings. The average molecular weight is 247 g/mol. The highest BCUT2D eigenvalue weighted by Crippen LogP contribution is 2.32. The predicted octanol–water partition coefficient (Wildman–Crippen LogP) is 1.72. The van der Waals surface area contributed by atoms with Crippen molar-refractivity contribution >= 4 is 20.9 Å². The van der Waals surface area contributed by atoms with Crippen LogP contribution in [0.15, 0.2) is 30.5 Å². The lowest BCUT2D eigenvalue weighted by Gasteiger charge is -2.07. The second kappa shape index (κ2) is 3.77. The highest BCUT2D eigenvalue weighted by Gasteiger charge is 2.35. The monoisotopic (exact) mass is 247 g/mol. The van der Waals surface area contributed by atoms with Crippen molar-refractivity contribution in [2.75, 3.05) is 5.75 Å². The molecule has 1 aliphatic rings. The molecular formula is C12H11N2O2S. The molecule has 4 nitrogen and oxygen atoms in total. The first-order valence-electron chi connectivity index (χ1n) is 5.47. The van der Waals surface area contributed by atoms with E-state index in [0.717, 1.165) is 11.0 Å². The van der Waals surface area contributed by atoms with E-state index in [1.54, 1.807) is 6.20 Å². The van der Waals surface area contributed by atoms with Crippen molar-refractivity contribution in [3.05, 3.63) is 41.4 Å². The standard InChI is InChI=1S/C12H11N2O2S/c15-17(16)7-3-6-12(17)11-8-13-9-4-1-2-5-10(9)14-11/h1-2,4-5,8H,3,6-7H2. The molecule has 0 atom stereocenters. The van der Waals surface area contributed by atoms with Crippen LogP contribution in [0, 0.1) is 5.25 Å². The largest absolute Gasteiger partial charge is 0.253 e. The molecule has 1 saturated heterocycles. The first-order chi connectivity index (χ1) is 8.17. The van der Waals surface area contributed by atoms with Crippen LogP contribution in [0.2, 0.25) is 0 Å². The lowest BCUT2D eigenvalue weighted by molar-refractivity contribution is 0.602. The Hall–Kier alpha value is -1.49. The Morgan fingerprint density at radius 2 is 1.88 bits per heavy atom. The maximum atomic E-state index is 11.8. The van der Waals surface area contributed by atoms with E-state index < -0.39 is 9.84 Å². The van der Waals surface area contributed by atoms with Gasteiger partial charge in [0.15, 0.2) is 9.84 Å². The zero-order valence-corrected chi connectivity index (χ0v) is 9.94. The van der Waals surface area contributed by atoms with E-state index in [-0.39, 0.29) is 5.75 Å². The number of para-hydroxylation sites is 2. The van der Waals surface area contributed by atoms with Gasteiger partial charge in [0.05, 0.1) is 28.7 Å². The minimum absolute atomic E-state index is 0.233. The molecule has 0 aliphatic carbocycles. The van der Waals surface area contributed by atoms with E-state index in [4.69, 9.17) is 0 Å². The number of rotatable bonds is 1. The first kappa shape index (κ1) is 10.7. The van der Waals surface area contributed by atoms with Gasteiger partial charge in [-0.25, -0.2) is 13.4 Å². The first-order valence-corrected chi connectivity index (χ1v) is 7.13. The van der Waals surface area contributed by atoms with Crippen LogP contribution in [-0.4, -0.2) is 24.1 Å². The lowest BCUT2D eigenvalue weighted by atomic mass is 10.2. The molecule has 1 aliphatic heterocycles. The Bertz CT molecular complexity index is 667. The summed E-state index contributed by atoms with van der Waals surface area (Å²) < 4.78 is 23.6. The molecule has 17 heavy (non-hydrogen) atoms. The van der Waals surface area contributed by atoms with Crippen LogP contribution in [0.3, 0.4) is 0 Å². The topological polar surface area (TPSA) is 59.9 Å². The van der Waals surface area contributed by atoms with Gasteiger partial charge in [-0.05, 0) is 25.0 Å². The SMILES string of the molecule is O=S1(=O)CCC[C]1c1cnc2ccccc2n1. The summed E-state index contributed by atoms with van der Waals surface area (Å²) in [5.74, 6) is 0.233. The molecule has 0 unspecified atom stereocenters. The Morgan fingerprint density at radius 3 is 2.59 bits per heavy atom. The summed E-state index contributed by atoms with van der Waals surface area (Å²) in [6, 6.07) is 7.46. The third kappa shape index (κ3) is 1.80. The number of hydrogen-bond donors (Lipinski definition) is 0. The van der Waals surface area contributed by atoms with Gasteiger partial charge in [-0.1, -0.05) is 12.1 Å². The molecule has 5 heteroatoms. The number of benzene rings is 1. The van der Waals surface area contributed by atoms with Crippen molar-refractivity contribution in [1.29, 1.82) is 0 Å². The zero-order valence-electron chi connectivity index (χ0n) is 9.13. The van der Waals surface area contributed by atoms with E-state index in [1.165, 1.54) is 0 Å². The lowest BCUT2D eigenvalue weighted by Crippen LogP contribution is -2.10. The van der Waals surface area contributed by atoms with Gasteiger partial charge in [0, 0.05) is 0 Å². The van der Waals surface area contributed by atoms with Crippen LogP contribution in [0.5, 0.6) is 0 Å². The second-order valence-electron chi connectivity index (χ2n) is 4.09. The molecule has 0 bridgehead atoms. The van der Waals surface area contributed by atoms with E-state index in [2.05, 4.69) is 9.97 Å². The smallest absolute Gasteiger partial charge is 0.163 e. The third-order valence-corrected chi connectivity index (χ3v) is 4.92. The van der Waals surface area contributed by atoms with E-state index in [9.17, 15) is 8.42 Å². The predicted molar refractivity (Wildman–Crippen MR) is 64.9 cm³/mol. The summed E-state index contributed by atoms with van der Waals surface area (Å²) in [5, 5.41) is 0.441. The van der Waals surface area contributed by atoms with Crippen LogP contribution in [0.1, 0.15) is 18.5 Å². The second-order valence-corrected chi connectivity index (χ2v) is 6.22. The van der Waals surface area contributed by atoms with Gasteiger partial charge in [-0.2, -0.15) is 0 Å². The van der Waals surface area contributed by atoms with Gasteiger partial charge in [-0.15, -0.1) is 0 Å². The number of nitrogens with zero attached hydrogens (tertiary/aromatic N) is 2. The molecule has 1 fully saturated rings. The average Bonchev–Trinajstić information content (AvgIpc) is 2.68. The minimum Gasteiger partial charge on any atom is -0.253 e. The summed E-state index contributed by atoms with van der Waals surface area (Å²) in [6.45, 7) is 0. The van der Waals surface area contributed by atoms with E-state index >= 15 is 0 Å². The Morgan fingerprint density at radius 1 is 1.12 bits per heavy atom. The normalized spacial score (nSPS) is 19.8. The van der Waals surface area contributed by atoms with Gasteiger partial charge >= 0.3 is 0 Å². The number of sulfone groups is 1. The van der Waals surface area contributed by atoms with Crippen LogP contribution < -0.4 is 0 Å². The van der Waals surface area contributed by atoms with Gasteiger partial charge in [0.2, 0.25) is 0 Å². The fourth-order valence-corrected chi connectivity index (χ4v) is 3.72. The van der Waals surface area contributed by atoms with Gasteiger partial charge in [-0.3, -0.25) is 4.98 Å². The summed E-state index contributed by atoms with van der Waals surface area (Å²) in [5.41, 5.74) is 2.02. The van der Waals surface area contributed by atoms with Crippen molar-refractivity contribution in [1.82, 2.24) is 9.97 Å². The molecule has 87 valence electrons. The molecule has 1 aromatic heterocycles. The fourth-order valence-electron chi connectivity index (χ4n) is 2.08. The van der Waals surface area contributed by atoms with Gasteiger partial charge < -0.3 is 0 Å². The van der Waals surface area contributed by atoms with Crippen LogP contribution in [0.4, 0.5) is 0 Å². The van der Waals surface area contributed by atoms with Crippen LogP contribution in [0.25, 0.3) is 11.0 Å². The van der Waals surface area contributed by atoms with Crippen molar-refractivity contribution < 1.29 is 8.42 Å². The molecule has 1 aromatic carbocycles. The highest BCUT2D eigenvalue weighted by atomic mass is 32.2. The van der Waals surface area contributed by atoms with Crippen LogP contribution in [-0.2, 0) is 9.84 Å². The summed E-state index contributed by atoms with van der Waals surface area (Å²) in [6.07, 6.45) is 2.82. The molecular weight excluding hydrogens is 236 g/mol. The van der Waals surface area contributed by atoms with Gasteiger partial charge in [0.1, 0.15) is 5.25 Å². The molecule has 0 N–H and O–H groups in total. The molecule has 0 amide bonds. The molecule has 1 radical (unpaired) electrons. The zero-order chi connectivity index (χ0) is 11.9. The summed E-state index contributed by atoms with van der Waals surface area (Å²) in [7, 11) is -3.09. The Balaban J connectivity index is 2.12. The maximum Gasteiger partial charge on any atom is 0.163 e. The number of fused-ring (bicyclic) bond motifs is 1. The van der Waals surface area contributed by atoms with Crippen molar-refractivity contribution in [3.63, 3.8) is 0 Å². The highest BCUT2D eigenvalue weighted by molar-refractivity contribution is 7.94. The number of aromatic nitrogens is 2. The molecule has 2 heterocycles. The molecule has 3 rings (SSSR count). The van der Waals surface area contributed by atoms with Crippen molar-refractivity contribution in [2.24, 2.45) is 0 Å². The van der Waals surface area contributed by atoms with Crippen molar-refractivity contribution in [3.8, 4) is 0 Å². The number of hydrogen-bond acceptors (Lipinski definition) is 4.